The zero-order valence-corrected chi connectivity index (χ0v) is 11.2. The van der Waals surface area contributed by atoms with Gasteiger partial charge < -0.3 is 10.7 Å². The molecule has 0 saturated carbocycles. The predicted molar refractivity (Wildman–Crippen MR) is 74.3 cm³/mol. The average Bonchev–Trinajstić information content (AvgIpc) is 2.47. The molecule has 0 aliphatic carbocycles. The second kappa shape index (κ2) is 6.27. The number of hydrogen-bond donors (Lipinski definition) is 3. The maximum absolute atomic E-state index is 13.6. The number of nitrogens with one attached hydrogen (secondary N) is 2. The van der Waals surface area contributed by atoms with Crippen molar-refractivity contribution in [2.24, 2.45) is 5.84 Å². The number of carbonyl (C=O) groups is 1. The lowest BCUT2D eigenvalue weighted by Gasteiger charge is -2.14. The molecule has 2 rings (SSSR count). The van der Waals surface area contributed by atoms with Crippen LogP contribution in [0.1, 0.15) is 28.9 Å². The van der Waals surface area contributed by atoms with Crippen molar-refractivity contribution in [2.45, 2.75) is 13.0 Å². The molecule has 0 bridgehead atoms. The number of nitrogen functional groups attached to an aromatic ring is 1. The van der Waals surface area contributed by atoms with Crippen molar-refractivity contribution in [3.63, 3.8) is 0 Å². The van der Waals surface area contributed by atoms with Crippen molar-refractivity contribution in [1.29, 1.82) is 0 Å². The zero-order chi connectivity index (χ0) is 15.4. The van der Waals surface area contributed by atoms with Crippen LogP contribution in [0.4, 0.5) is 14.5 Å². The minimum absolute atomic E-state index is 0.125. The van der Waals surface area contributed by atoms with Crippen molar-refractivity contribution in [3.8, 4) is 0 Å². The minimum Gasteiger partial charge on any atom is -0.345 e. The third-order valence-corrected chi connectivity index (χ3v) is 2.98. The Balaban J connectivity index is 2.18. The highest BCUT2D eigenvalue weighted by molar-refractivity contribution is 5.94. The zero-order valence-electron chi connectivity index (χ0n) is 11.2. The van der Waals surface area contributed by atoms with Gasteiger partial charge in [0.25, 0.3) is 5.91 Å². The third kappa shape index (κ3) is 3.32. The van der Waals surface area contributed by atoms with Gasteiger partial charge in [-0.05, 0) is 30.7 Å². The molecule has 1 aromatic carbocycles. The topological polar surface area (TPSA) is 80.0 Å². The largest absolute Gasteiger partial charge is 0.345 e. The molecule has 1 heterocycles. The summed E-state index contributed by atoms with van der Waals surface area (Å²) in [4.78, 5) is 16.0. The van der Waals surface area contributed by atoms with E-state index in [2.05, 4.69) is 10.3 Å². The average molecular weight is 292 g/mol. The number of pyridine rings is 1. The normalized spacial score (nSPS) is 11.8. The first-order chi connectivity index (χ1) is 10.0. The van der Waals surface area contributed by atoms with Crippen molar-refractivity contribution in [3.05, 3.63) is 59.4 Å². The summed E-state index contributed by atoms with van der Waals surface area (Å²) in [6.45, 7) is 1.75. The SMILES string of the molecule is CC(NC(=O)c1cc(F)c(NN)c(F)c1)c1cccnc1. The molecule has 5 nitrogen and oxygen atoms in total. The summed E-state index contributed by atoms with van der Waals surface area (Å²) in [7, 11) is 0. The fourth-order valence-electron chi connectivity index (χ4n) is 1.84. The van der Waals surface area contributed by atoms with E-state index in [-0.39, 0.29) is 11.6 Å². The van der Waals surface area contributed by atoms with Crippen molar-refractivity contribution in [1.82, 2.24) is 10.3 Å². The van der Waals surface area contributed by atoms with Gasteiger partial charge in [0.05, 0.1) is 6.04 Å². The van der Waals surface area contributed by atoms with Crippen molar-refractivity contribution >= 4 is 11.6 Å². The Hall–Kier alpha value is -2.54. The number of aromatic nitrogens is 1. The van der Waals surface area contributed by atoms with E-state index in [1.807, 2.05) is 5.43 Å². The van der Waals surface area contributed by atoms with Gasteiger partial charge in [0.15, 0.2) is 11.6 Å². The highest BCUT2D eigenvalue weighted by Gasteiger charge is 2.16. The van der Waals surface area contributed by atoms with E-state index >= 15 is 0 Å². The molecule has 1 aromatic heterocycles. The molecule has 0 spiro atoms. The molecule has 4 N–H and O–H groups in total. The molecule has 110 valence electrons. The third-order valence-electron chi connectivity index (χ3n) is 2.98. The van der Waals surface area contributed by atoms with E-state index in [9.17, 15) is 13.6 Å². The number of carbonyl (C=O) groups excluding carboxylic acids is 1. The second-order valence-corrected chi connectivity index (χ2v) is 4.44. The summed E-state index contributed by atoms with van der Waals surface area (Å²) in [5.74, 6) is 2.54. The molecule has 1 amide bonds. The monoisotopic (exact) mass is 292 g/mol. The summed E-state index contributed by atoms with van der Waals surface area (Å²) in [6.07, 6.45) is 3.22. The van der Waals surface area contributed by atoms with Crippen LogP contribution in [0.15, 0.2) is 36.7 Å². The van der Waals surface area contributed by atoms with E-state index in [1.54, 1.807) is 31.5 Å². The van der Waals surface area contributed by atoms with Crippen LogP contribution in [-0.4, -0.2) is 10.9 Å². The van der Waals surface area contributed by atoms with E-state index in [4.69, 9.17) is 5.84 Å². The van der Waals surface area contributed by atoms with Gasteiger partial charge in [0, 0.05) is 18.0 Å². The van der Waals surface area contributed by atoms with Crippen LogP contribution >= 0.6 is 0 Å². The van der Waals surface area contributed by atoms with Gasteiger partial charge in [0.2, 0.25) is 0 Å². The highest BCUT2D eigenvalue weighted by Crippen LogP contribution is 2.20. The number of nitrogens with zero attached hydrogens (tertiary/aromatic N) is 1. The Morgan fingerprint density at radius 3 is 2.52 bits per heavy atom. The summed E-state index contributed by atoms with van der Waals surface area (Å²) >= 11 is 0. The molecule has 2 aromatic rings. The summed E-state index contributed by atoms with van der Waals surface area (Å²) in [5, 5.41) is 2.64. The fourth-order valence-corrected chi connectivity index (χ4v) is 1.84. The van der Waals surface area contributed by atoms with Gasteiger partial charge in [-0.3, -0.25) is 15.6 Å². The molecule has 7 heteroatoms. The Morgan fingerprint density at radius 2 is 2.00 bits per heavy atom. The maximum Gasteiger partial charge on any atom is 0.251 e. The van der Waals surface area contributed by atoms with Crippen molar-refractivity contribution in [2.75, 3.05) is 5.43 Å². The first-order valence-electron chi connectivity index (χ1n) is 6.19. The van der Waals surface area contributed by atoms with Gasteiger partial charge in [0.1, 0.15) is 5.69 Å². The number of anilines is 1. The molecule has 1 unspecified atom stereocenters. The Kier molecular flexibility index (Phi) is 4.44. The van der Waals surface area contributed by atoms with Crippen LogP contribution in [-0.2, 0) is 0 Å². The molecular formula is C14H14F2N4O. The minimum atomic E-state index is -0.934. The quantitative estimate of drug-likeness (QED) is 0.596. The summed E-state index contributed by atoms with van der Waals surface area (Å²) in [5.41, 5.74) is 2.09. The van der Waals surface area contributed by atoms with Crippen LogP contribution < -0.4 is 16.6 Å². The molecule has 0 aliphatic heterocycles. The van der Waals surface area contributed by atoms with Gasteiger partial charge in [-0.2, -0.15) is 0 Å². The number of amides is 1. The number of benzene rings is 1. The van der Waals surface area contributed by atoms with E-state index in [0.29, 0.717) is 0 Å². The standard InChI is InChI=1S/C14H14F2N4O/c1-8(9-3-2-4-18-7-9)19-14(21)10-5-11(15)13(20-17)12(16)6-10/h2-8,20H,17H2,1H3,(H,19,21). The predicted octanol–water partition coefficient (Wildman–Crippen LogP) is 2.14. The Labute approximate surface area is 120 Å². The number of halogens is 2. The number of rotatable bonds is 4. The Bertz CT molecular complexity index is 626. The van der Waals surface area contributed by atoms with Crippen LogP contribution in [0.3, 0.4) is 0 Å². The Morgan fingerprint density at radius 1 is 1.33 bits per heavy atom. The van der Waals surface area contributed by atoms with Gasteiger partial charge >= 0.3 is 0 Å². The lowest BCUT2D eigenvalue weighted by Crippen LogP contribution is -2.27. The van der Waals surface area contributed by atoms with E-state index < -0.39 is 23.2 Å². The van der Waals surface area contributed by atoms with Gasteiger partial charge in [-0.1, -0.05) is 6.07 Å². The van der Waals surface area contributed by atoms with Crippen molar-refractivity contribution < 1.29 is 13.6 Å². The van der Waals surface area contributed by atoms with Crippen LogP contribution in [0.2, 0.25) is 0 Å². The molecule has 21 heavy (non-hydrogen) atoms. The lowest BCUT2D eigenvalue weighted by molar-refractivity contribution is 0.0939. The fraction of sp³-hybridized carbons (Fsp3) is 0.143. The van der Waals surface area contributed by atoms with E-state index in [0.717, 1.165) is 17.7 Å². The first kappa shape index (κ1) is 14.9. The smallest absolute Gasteiger partial charge is 0.251 e. The highest BCUT2D eigenvalue weighted by atomic mass is 19.1. The lowest BCUT2D eigenvalue weighted by atomic mass is 10.1. The molecular weight excluding hydrogens is 278 g/mol. The number of hydrogen-bond acceptors (Lipinski definition) is 4. The number of hydrazine groups is 1. The molecule has 0 radical (unpaired) electrons. The summed E-state index contributed by atoms with van der Waals surface area (Å²) < 4.78 is 27.1. The molecule has 0 fully saturated rings. The number of nitrogens with two attached hydrogens (primary N) is 1. The van der Waals surface area contributed by atoms with E-state index in [1.165, 1.54) is 0 Å². The molecule has 0 saturated heterocycles. The van der Waals surface area contributed by atoms with Crippen LogP contribution in [0.25, 0.3) is 0 Å². The first-order valence-corrected chi connectivity index (χ1v) is 6.19. The molecule has 0 aliphatic rings. The molecule has 1 atom stereocenters. The van der Waals surface area contributed by atoms with Crippen LogP contribution in [0.5, 0.6) is 0 Å². The second-order valence-electron chi connectivity index (χ2n) is 4.44. The van der Waals surface area contributed by atoms with Gasteiger partial charge in [-0.25, -0.2) is 8.78 Å². The summed E-state index contributed by atoms with van der Waals surface area (Å²) in [6, 6.07) is 5.02. The van der Waals surface area contributed by atoms with Crippen LogP contribution in [0, 0.1) is 11.6 Å². The van der Waals surface area contributed by atoms with Gasteiger partial charge in [-0.15, -0.1) is 0 Å². The maximum atomic E-state index is 13.6.